The second-order valence-corrected chi connectivity index (χ2v) is 6.00. The first-order valence-corrected chi connectivity index (χ1v) is 8.23. The van der Waals surface area contributed by atoms with Gasteiger partial charge in [0.05, 0.1) is 19.0 Å². The van der Waals surface area contributed by atoms with Crippen LogP contribution in [-0.4, -0.2) is 34.7 Å². The smallest absolute Gasteiger partial charge is 0.251 e. The SMILES string of the molecule is COc1ccc(C)c2cc(CCNC(=O)Cc3noc(C)n3)c(=O)[nH]c12. The molecule has 0 spiro atoms. The van der Waals surface area contributed by atoms with Gasteiger partial charge in [0, 0.05) is 24.4 Å². The fourth-order valence-electron chi connectivity index (χ4n) is 2.76. The van der Waals surface area contributed by atoms with Gasteiger partial charge in [0.25, 0.3) is 5.56 Å². The molecule has 2 heterocycles. The maximum absolute atomic E-state index is 12.3. The van der Waals surface area contributed by atoms with E-state index in [0.717, 1.165) is 10.9 Å². The lowest BCUT2D eigenvalue weighted by Gasteiger charge is -2.10. The lowest BCUT2D eigenvalue weighted by atomic mass is 10.1. The molecular weight excluding hydrogens is 336 g/mol. The number of aromatic nitrogens is 3. The first kappa shape index (κ1) is 17.7. The topological polar surface area (TPSA) is 110 Å². The highest BCUT2D eigenvalue weighted by atomic mass is 16.5. The van der Waals surface area contributed by atoms with Crippen LogP contribution in [0.5, 0.6) is 5.75 Å². The van der Waals surface area contributed by atoms with Gasteiger partial charge in [0.15, 0.2) is 5.82 Å². The lowest BCUT2D eigenvalue weighted by molar-refractivity contribution is -0.120. The normalized spacial score (nSPS) is 10.9. The Bertz CT molecular complexity index is 1010. The summed E-state index contributed by atoms with van der Waals surface area (Å²) in [5, 5.41) is 7.37. The molecule has 8 heteroatoms. The van der Waals surface area contributed by atoms with Gasteiger partial charge in [-0.25, -0.2) is 0 Å². The Balaban J connectivity index is 1.69. The molecule has 3 aromatic rings. The van der Waals surface area contributed by atoms with Crippen LogP contribution >= 0.6 is 0 Å². The van der Waals surface area contributed by atoms with E-state index in [1.807, 2.05) is 25.1 Å². The number of pyridine rings is 1. The zero-order valence-corrected chi connectivity index (χ0v) is 14.9. The molecule has 0 fully saturated rings. The molecule has 0 saturated carbocycles. The lowest BCUT2D eigenvalue weighted by Crippen LogP contribution is -2.29. The van der Waals surface area contributed by atoms with Crippen molar-refractivity contribution in [3.05, 3.63) is 51.4 Å². The Kier molecular flexibility index (Phi) is 5.01. The maximum atomic E-state index is 12.3. The van der Waals surface area contributed by atoms with Crippen LogP contribution in [0.1, 0.15) is 22.8 Å². The van der Waals surface area contributed by atoms with E-state index in [0.29, 0.717) is 41.5 Å². The van der Waals surface area contributed by atoms with Crippen molar-refractivity contribution in [3.8, 4) is 5.75 Å². The van der Waals surface area contributed by atoms with Crippen LogP contribution in [0, 0.1) is 13.8 Å². The number of rotatable bonds is 6. The minimum absolute atomic E-state index is 0.0434. The molecule has 0 aliphatic rings. The third-order valence-electron chi connectivity index (χ3n) is 4.10. The Morgan fingerprint density at radius 3 is 2.85 bits per heavy atom. The number of ether oxygens (including phenoxy) is 1. The number of amides is 1. The van der Waals surface area contributed by atoms with Gasteiger partial charge >= 0.3 is 0 Å². The number of H-pyrrole nitrogens is 1. The third-order valence-corrected chi connectivity index (χ3v) is 4.10. The highest BCUT2D eigenvalue weighted by molar-refractivity contribution is 5.87. The molecular formula is C18H20N4O4. The average molecular weight is 356 g/mol. The second kappa shape index (κ2) is 7.38. The average Bonchev–Trinajstić information content (AvgIpc) is 3.01. The van der Waals surface area contributed by atoms with Crippen LogP contribution in [0.4, 0.5) is 0 Å². The summed E-state index contributed by atoms with van der Waals surface area (Å²) in [4.78, 5) is 31.1. The van der Waals surface area contributed by atoms with Crippen molar-refractivity contribution in [3.63, 3.8) is 0 Å². The molecule has 0 aliphatic carbocycles. The first-order valence-electron chi connectivity index (χ1n) is 8.23. The van der Waals surface area contributed by atoms with Gasteiger partial charge in [-0.3, -0.25) is 9.59 Å². The number of methoxy groups -OCH3 is 1. The number of aromatic amines is 1. The number of aryl methyl sites for hydroxylation is 2. The summed E-state index contributed by atoms with van der Waals surface area (Å²) in [5.41, 5.74) is 2.13. The van der Waals surface area contributed by atoms with Gasteiger partial charge in [-0.1, -0.05) is 11.2 Å². The summed E-state index contributed by atoms with van der Waals surface area (Å²) in [6.07, 6.45) is 0.459. The van der Waals surface area contributed by atoms with Crippen LogP contribution < -0.4 is 15.6 Å². The number of fused-ring (bicyclic) bond motifs is 1. The number of benzene rings is 1. The molecule has 0 unspecified atom stereocenters. The van der Waals surface area contributed by atoms with E-state index in [4.69, 9.17) is 9.26 Å². The number of hydrogen-bond donors (Lipinski definition) is 2. The van der Waals surface area contributed by atoms with Crippen molar-refractivity contribution in [2.24, 2.45) is 0 Å². The highest BCUT2D eigenvalue weighted by Gasteiger charge is 2.11. The molecule has 0 atom stereocenters. The molecule has 136 valence electrons. The van der Waals surface area contributed by atoms with E-state index in [9.17, 15) is 9.59 Å². The Labute approximate surface area is 149 Å². The summed E-state index contributed by atoms with van der Waals surface area (Å²) < 4.78 is 10.1. The standard InChI is InChI=1S/C18H20N4O4/c1-10-4-5-14(25-3)17-13(10)8-12(18(24)21-17)6-7-19-16(23)9-15-20-11(2)26-22-15/h4-5,8H,6-7,9H2,1-3H3,(H,19,23)(H,21,24). The largest absolute Gasteiger partial charge is 0.495 e. The molecule has 8 nitrogen and oxygen atoms in total. The molecule has 26 heavy (non-hydrogen) atoms. The number of nitrogens with one attached hydrogen (secondary N) is 2. The van der Waals surface area contributed by atoms with Crippen LogP contribution in [0.2, 0.25) is 0 Å². The van der Waals surface area contributed by atoms with E-state index in [1.165, 1.54) is 0 Å². The zero-order chi connectivity index (χ0) is 18.7. The minimum Gasteiger partial charge on any atom is -0.495 e. The predicted octanol–water partition coefficient (Wildman–Crippen LogP) is 1.44. The fraction of sp³-hybridized carbons (Fsp3) is 0.333. The Hall–Kier alpha value is -3.16. The summed E-state index contributed by atoms with van der Waals surface area (Å²) >= 11 is 0. The summed E-state index contributed by atoms with van der Waals surface area (Å²) in [6, 6.07) is 5.62. The van der Waals surface area contributed by atoms with Crippen LogP contribution in [0.3, 0.4) is 0 Å². The highest BCUT2D eigenvalue weighted by Crippen LogP contribution is 2.25. The van der Waals surface area contributed by atoms with Gasteiger partial charge < -0.3 is 19.6 Å². The maximum Gasteiger partial charge on any atom is 0.251 e. The minimum atomic E-state index is -0.221. The molecule has 0 aliphatic heterocycles. The van der Waals surface area contributed by atoms with Crippen molar-refractivity contribution < 1.29 is 14.1 Å². The predicted molar refractivity (Wildman–Crippen MR) is 95.3 cm³/mol. The molecule has 0 radical (unpaired) electrons. The van der Waals surface area contributed by atoms with Gasteiger partial charge in [0.2, 0.25) is 11.8 Å². The van der Waals surface area contributed by atoms with Crippen molar-refractivity contribution in [1.82, 2.24) is 20.4 Å². The second-order valence-electron chi connectivity index (χ2n) is 6.00. The van der Waals surface area contributed by atoms with E-state index in [-0.39, 0.29) is 17.9 Å². The summed E-state index contributed by atoms with van der Waals surface area (Å²) in [7, 11) is 1.57. The molecule has 0 bridgehead atoms. The van der Waals surface area contributed by atoms with Crippen molar-refractivity contribution in [1.29, 1.82) is 0 Å². The van der Waals surface area contributed by atoms with E-state index in [2.05, 4.69) is 20.4 Å². The zero-order valence-electron chi connectivity index (χ0n) is 14.9. The Morgan fingerprint density at radius 1 is 1.35 bits per heavy atom. The van der Waals surface area contributed by atoms with E-state index >= 15 is 0 Å². The van der Waals surface area contributed by atoms with Gasteiger partial charge in [-0.05, 0) is 31.0 Å². The monoisotopic (exact) mass is 356 g/mol. The molecule has 3 rings (SSSR count). The summed E-state index contributed by atoms with van der Waals surface area (Å²) in [5.74, 6) is 1.16. The van der Waals surface area contributed by atoms with Crippen LogP contribution in [0.25, 0.3) is 10.9 Å². The van der Waals surface area contributed by atoms with Crippen LogP contribution in [0.15, 0.2) is 27.5 Å². The van der Waals surface area contributed by atoms with Crippen LogP contribution in [-0.2, 0) is 17.6 Å². The van der Waals surface area contributed by atoms with Crippen molar-refractivity contribution >= 4 is 16.8 Å². The molecule has 1 aromatic carbocycles. The fourth-order valence-corrected chi connectivity index (χ4v) is 2.76. The molecule has 1 amide bonds. The quantitative estimate of drug-likeness (QED) is 0.691. The summed E-state index contributed by atoms with van der Waals surface area (Å²) in [6.45, 7) is 3.98. The van der Waals surface area contributed by atoms with Gasteiger partial charge in [-0.15, -0.1) is 0 Å². The molecule has 2 aromatic heterocycles. The Morgan fingerprint density at radius 2 is 2.15 bits per heavy atom. The number of hydrogen-bond acceptors (Lipinski definition) is 6. The van der Waals surface area contributed by atoms with Gasteiger partial charge in [0.1, 0.15) is 5.75 Å². The van der Waals surface area contributed by atoms with Crippen molar-refractivity contribution in [2.75, 3.05) is 13.7 Å². The van der Waals surface area contributed by atoms with E-state index in [1.54, 1.807) is 14.0 Å². The number of carbonyl (C=O) groups is 1. The number of nitrogens with zero attached hydrogens (tertiary/aromatic N) is 2. The van der Waals surface area contributed by atoms with Crippen molar-refractivity contribution in [2.45, 2.75) is 26.7 Å². The molecule has 0 saturated heterocycles. The van der Waals surface area contributed by atoms with Gasteiger partial charge in [-0.2, -0.15) is 4.98 Å². The van der Waals surface area contributed by atoms with E-state index < -0.39 is 0 Å². The number of carbonyl (C=O) groups excluding carboxylic acids is 1. The first-order chi connectivity index (χ1) is 12.5. The third kappa shape index (κ3) is 3.74. The molecule has 2 N–H and O–H groups in total.